The Morgan fingerprint density at radius 3 is 1.45 bits per heavy atom. The number of ether oxygens (including phenoxy) is 1. The van der Waals surface area contributed by atoms with E-state index in [1.54, 1.807) is 0 Å². The summed E-state index contributed by atoms with van der Waals surface area (Å²) in [6, 6.07) is 4.09. The molecule has 0 aliphatic heterocycles. The molecule has 0 unspecified atom stereocenters. The number of unbranched alkanes of at least 4 members (excludes halogenated alkanes) is 3. The summed E-state index contributed by atoms with van der Waals surface area (Å²) in [5.41, 5.74) is 1.76. The SMILES string of the molecule is CCCCC(CCCC)(CCCC)Oc1cc(C(C)(C)C)c(O)cc1C(C)(C)C. The molecule has 0 aliphatic carbocycles. The van der Waals surface area contributed by atoms with Gasteiger partial charge in [-0.15, -0.1) is 0 Å². The van der Waals surface area contributed by atoms with E-state index in [9.17, 15) is 5.11 Å². The minimum Gasteiger partial charge on any atom is -0.508 e. The summed E-state index contributed by atoms with van der Waals surface area (Å²) in [5.74, 6) is 1.36. The molecule has 0 saturated carbocycles. The summed E-state index contributed by atoms with van der Waals surface area (Å²) >= 11 is 0. The average molecular weight is 405 g/mol. The lowest BCUT2D eigenvalue weighted by Gasteiger charge is -2.38. The second kappa shape index (κ2) is 10.7. The Morgan fingerprint density at radius 2 is 1.10 bits per heavy atom. The lowest BCUT2D eigenvalue weighted by atomic mass is 9.80. The van der Waals surface area contributed by atoms with Gasteiger partial charge >= 0.3 is 0 Å². The highest BCUT2D eigenvalue weighted by Gasteiger charge is 2.34. The van der Waals surface area contributed by atoms with Gasteiger partial charge in [-0.1, -0.05) is 81.6 Å². The summed E-state index contributed by atoms with van der Waals surface area (Å²) in [6.07, 6.45) is 10.5. The van der Waals surface area contributed by atoms with Gasteiger partial charge in [0, 0.05) is 11.1 Å². The van der Waals surface area contributed by atoms with Gasteiger partial charge in [0.25, 0.3) is 0 Å². The average Bonchev–Trinajstić information content (AvgIpc) is 2.62. The van der Waals surface area contributed by atoms with Crippen LogP contribution < -0.4 is 4.74 Å². The number of benzene rings is 1. The van der Waals surface area contributed by atoms with Crippen molar-refractivity contribution in [3.05, 3.63) is 23.3 Å². The molecule has 0 saturated heterocycles. The van der Waals surface area contributed by atoms with Crippen molar-refractivity contribution in [2.75, 3.05) is 0 Å². The lowest BCUT2D eigenvalue weighted by Crippen LogP contribution is -2.37. The van der Waals surface area contributed by atoms with E-state index in [0.717, 1.165) is 36.1 Å². The molecule has 0 spiro atoms. The first-order chi connectivity index (χ1) is 13.4. The third-order valence-electron chi connectivity index (χ3n) is 6.00. The van der Waals surface area contributed by atoms with E-state index in [4.69, 9.17) is 4.74 Å². The minimum absolute atomic E-state index is 0.0881. The highest BCUT2D eigenvalue weighted by molar-refractivity contribution is 5.51. The second-order valence-electron chi connectivity index (χ2n) is 11.0. The molecule has 0 aliphatic rings. The largest absolute Gasteiger partial charge is 0.508 e. The van der Waals surface area contributed by atoms with Crippen LogP contribution in [-0.2, 0) is 10.8 Å². The van der Waals surface area contributed by atoms with Crippen LogP contribution in [-0.4, -0.2) is 10.7 Å². The Kier molecular flexibility index (Phi) is 9.57. The zero-order valence-electron chi connectivity index (χ0n) is 20.9. The van der Waals surface area contributed by atoms with Gasteiger partial charge in [-0.05, 0) is 61.5 Å². The maximum Gasteiger partial charge on any atom is 0.124 e. The Hall–Kier alpha value is -1.18. The topological polar surface area (TPSA) is 29.5 Å². The highest BCUT2D eigenvalue weighted by Crippen LogP contribution is 2.43. The molecule has 0 aromatic heterocycles. The van der Waals surface area contributed by atoms with Crippen molar-refractivity contribution >= 4 is 0 Å². The van der Waals surface area contributed by atoms with Crippen LogP contribution in [0.1, 0.15) is 131 Å². The molecule has 1 rings (SSSR count). The lowest BCUT2D eigenvalue weighted by molar-refractivity contribution is 0.0327. The molecule has 2 heteroatoms. The number of hydrogen-bond donors (Lipinski definition) is 1. The molecule has 0 radical (unpaired) electrons. The standard InChI is InChI=1S/C27H48O2/c1-10-13-16-27(17-14-11-2,18-15-12-3)29-24-20-21(25(4,5)6)23(28)19-22(24)26(7,8)9/h19-20,28H,10-18H2,1-9H3. The normalized spacial score (nSPS) is 13.0. The molecule has 0 atom stereocenters. The van der Waals surface area contributed by atoms with Crippen molar-refractivity contribution in [2.24, 2.45) is 0 Å². The van der Waals surface area contributed by atoms with E-state index < -0.39 is 0 Å². The van der Waals surface area contributed by atoms with Crippen LogP contribution in [0.2, 0.25) is 0 Å². The summed E-state index contributed by atoms with van der Waals surface area (Å²) in [4.78, 5) is 0. The van der Waals surface area contributed by atoms with Crippen LogP contribution in [0.15, 0.2) is 12.1 Å². The van der Waals surface area contributed by atoms with Gasteiger partial charge in [-0.3, -0.25) is 0 Å². The summed E-state index contributed by atoms with van der Waals surface area (Å²) < 4.78 is 7.05. The van der Waals surface area contributed by atoms with Gasteiger partial charge < -0.3 is 9.84 Å². The van der Waals surface area contributed by atoms with Crippen molar-refractivity contribution in [1.82, 2.24) is 0 Å². The van der Waals surface area contributed by atoms with Gasteiger partial charge in [0.15, 0.2) is 0 Å². The smallest absolute Gasteiger partial charge is 0.124 e. The van der Waals surface area contributed by atoms with E-state index in [1.807, 2.05) is 6.07 Å². The number of phenols is 1. The van der Waals surface area contributed by atoms with Crippen molar-refractivity contribution in [1.29, 1.82) is 0 Å². The maximum atomic E-state index is 10.8. The van der Waals surface area contributed by atoms with E-state index in [2.05, 4.69) is 68.4 Å². The van der Waals surface area contributed by atoms with Crippen molar-refractivity contribution < 1.29 is 9.84 Å². The fourth-order valence-electron chi connectivity index (χ4n) is 4.10. The number of hydrogen-bond acceptors (Lipinski definition) is 2. The highest BCUT2D eigenvalue weighted by atomic mass is 16.5. The van der Waals surface area contributed by atoms with Crippen LogP contribution in [0, 0.1) is 0 Å². The van der Waals surface area contributed by atoms with E-state index in [-0.39, 0.29) is 16.4 Å². The molecule has 2 nitrogen and oxygen atoms in total. The predicted molar refractivity (Wildman–Crippen MR) is 127 cm³/mol. The number of rotatable bonds is 11. The molecule has 168 valence electrons. The third-order valence-corrected chi connectivity index (χ3v) is 6.00. The van der Waals surface area contributed by atoms with E-state index >= 15 is 0 Å². The van der Waals surface area contributed by atoms with Gasteiger partial charge in [-0.25, -0.2) is 0 Å². The molecule has 1 aromatic rings. The van der Waals surface area contributed by atoms with Crippen LogP contribution in [0.3, 0.4) is 0 Å². The van der Waals surface area contributed by atoms with Crippen LogP contribution in [0.4, 0.5) is 0 Å². The van der Waals surface area contributed by atoms with Crippen molar-refractivity contribution in [2.45, 2.75) is 137 Å². The molecule has 1 aromatic carbocycles. The van der Waals surface area contributed by atoms with E-state index in [1.165, 1.54) is 38.5 Å². The third kappa shape index (κ3) is 7.54. The number of aromatic hydroxyl groups is 1. The second-order valence-corrected chi connectivity index (χ2v) is 11.0. The van der Waals surface area contributed by atoms with Gasteiger partial charge in [0.1, 0.15) is 17.1 Å². The molecule has 1 N–H and O–H groups in total. The van der Waals surface area contributed by atoms with Crippen molar-refractivity contribution in [3.63, 3.8) is 0 Å². The molecule has 29 heavy (non-hydrogen) atoms. The van der Waals surface area contributed by atoms with Gasteiger partial charge in [0.2, 0.25) is 0 Å². The molecular weight excluding hydrogens is 356 g/mol. The summed E-state index contributed by atoms with van der Waals surface area (Å²) in [6.45, 7) is 19.9. The zero-order valence-corrected chi connectivity index (χ0v) is 20.9. The minimum atomic E-state index is -0.127. The molecule has 0 bridgehead atoms. The summed E-state index contributed by atoms with van der Waals surface area (Å²) in [5, 5.41) is 10.8. The quantitative estimate of drug-likeness (QED) is 0.399. The zero-order chi connectivity index (χ0) is 22.3. The van der Waals surface area contributed by atoms with Crippen LogP contribution in [0.5, 0.6) is 11.5 Å². The van der Waals surface area contributed by atoms with Crippen molar-refractivity contribution in [3.8, 4) is 11.5 Å². The predicted octanol–water partition coefficient (Wildman–Crippen LogP) is 8.68. The maximum absolute atomic E-state index is 10.8. The molecule has 0 amide bonds. The Labute approximate surface area is 181 Å². The van der Waals surface area contributed by atoms with Crippen LogP contribution >= 0.6 is 0 Å². The van der Waals surface area contributed by atoms with E-state index in [0.29, 0.717) is 5.75 Å². The first-order valence-corrected chi connectivity index (χ1v) is 12.0. The van der Waals surface area contributed by atoms with Gasteiger partial charge in [0.05, 0.1) is 0 Å². The van der Waals surface area contributed by atoms with Gasteiger partial charge in [-0.2, -0.15) is 0 Å². The van der Waals surface area contributed by atoms with Crippen LogP contribution in [0.25, 0.3) is 0 Å². The molecule has 0 heterocycles. The molecular formula is C27H48O2. The first kappa shape index (κ1) is 25.9. The molecule has 0 fully saturated rings. The fraction of sp³-hybridized carbons (Fsp3) is 0.778. The number of phenolic OH excluding ortho intramolecular Hbond substituents is 1. The Morgan fingerprint density at radius 1 is 0.690 bits per heavy atom. The Bertz CT molecular complexity index is 595. The fourth-order valence-corrected chi connectivity index (χ4v) is 4.10. The first-order valence-electron chi connectivity index (χ1n) is 12.0. The monoisotopic (exact) mass is 404 g/mol. The summed E-state index contributed by atoms with van der Waals surface area (Å²) in [7, 11) is 0. The Balaban J connectivity index is 3.53.